The Morgan fingerprint density at radius 2 is 2.00 bits per heavy atom. The number of rotatable bonds is 1. The molecule has 0 unspecified atom stereocenters. The second kappa shape index (κ2) is 4.88. The Morgan fingerprint density at radius 3 is 2.88 bits per heavy atom. The van der Waals surface area contributed by atoms with Crippen LogP contribution < -0.4 is 14.8 Å². The molecule has 0 atom stereocenters. The third-order valence-corrected chi connectivity index (χ3v) is 4.65. The Morgan fingerprint density at radius 1 is 1.17 bits per heavy atom. The van der Waals surface area contributed by atoms with Crippen molar-refractivity contribution in [1.82, 2.24) is 14.9 Å². The number of imidazole rings is 1. The minimum Gasteiger partial charge on any atom is -0.454 e. The van der Waals surface area contributed by atoms with E-state index in [1.807, 2.05) is 28.8 Å². The molecule has 3 aromatic rings. The van der Waals surface area contributed by atoms with E-state index in [2.05, 4.69) is 5.32 Å². The molecule has 0 saturated heterocycles. The molecule has 2 aliphatic rings. The molecule has 1 N–H and O–H groups in total. The van der Waals surface area contributed by atoms with E-state index in [1.165, 1.54) is 0 Å². The van der Waals surface area contributed by atoms with Gasteiger partial charge in [-0.15, -0.1) is 0 Å². The molecule has 2 aliphatic heterocycles. The molecule has 6 nitrogen and oxygen atoms in total. The van der Waals surface area contributed by atoms with Crippen LogP contribution in [-0.4, -0.2) is 28.8 Å². The summed E-state index contributed by atoms with van der Waals surface area (Å²) in [7, 11) is 0. The van der Waals surface area contributed by atoms with Gasteiger partial charge in [0.05, 0.1) is 21.6 Å². The maximum absolute atomic E-state index is 12.2. The van der Waals surface area contributed by atoms with Gasteiger partial charge in [-0.1, -0.05) is 17.7 Å². The highest BCUT2D eigenvalue weighted by molar-refractivity contribution is 6.33. The molecule has 3 heterocycles. The summed E-state index contributed by atoms with van der Waals surface area (Å²) >= 11 is 6.45. The first-order valence-corrected chi connectivity index (χ1v) is 7.97. The Kier molecular flexibility index (Phi) is 2.78. The van der Waals surface area contributed by atoms with Crippen LogP contribution in [0.4, 0.5) is 0 Å². The number of halogens is 1. The van der Waals surface area contributed by atoms with Crippen molar-refractivity contribution in [3.63, 3.8) is 0 Å². The van der Waals surface area contributed by atoms with E-state index in [9.17, 15) is 4.79 Å². The first-order valence-electron chi connectivity index (χ1n) is 7.59. The van der Waals surface area contributed by atoms with E-state index >= 15 is 0 Å². The molecule has 0 saturated carbocycles. The number of nitrogens with zero attached hydrogens (tertiary/aromatic N) is 2. The first kappa shape index (κ1) is 13.7. The van der Waals surface area contributed by atoms with E-state index in [-0.39, 0.29) is 12.7 Å². The van der Waals surface area contributed by atoms with Crippen molar-refractivity contribution in [3.8, 4) is 22.9 Å². The zero-order valence-electron chi connectivity index (χ0n) is 12.5. The zero-order valence-corrected chi connectivity index (χ0v) is 13.3. The van der Waals surface area contributed by atoms with E-state index in [0.29, 0.717) is 35.2 Å². The van der Waals surface area contributed by atoms with E-state index < -0.39 is 0 Å². The van der Waals surface area contributed by atoms with Crippen LogP contribution >= 0.6 is 11.6 Å². The molecule has 120 valence electrons. The van der Waals surface area contributed by atoms with Gasteiger partial charge in [0.1, 0.15) is 5.82 Å². The van der Waals surface area contributed by atoms with E-state index in [4.69, 9.17) is 26.1 Å². The predicted molar refractivity (Wildman–Crippen MR) is 88.6 cm³/mol. The van der Waals surface area contributed by atoms with Gasteiger partial charge in [0.25, 0.3) is 5.91 Å². The molecular formula is C17H12ClN3O3. The van der Waals surface area contributed by atoms with Gasteiger partial charge in [-0.05, 0) is 18.2 Å². The first-order chi connectivity index (χ1) is 11.7. The number of hydrogen-bond donors (Lipinski definition) is 1. The van der Waals surface area contributed by atoms with Gasteiger partial charge in [-0.25, -0.2) is 4.98 Å². The maximum Gasteiger partial charge on any atom is 0.253 e. The van der Waals surface area contributed by atoms with Gasteiger partial charge in [0, 0.05) is 24.7 Å². The number of benzene rings is 2. The van der Waals surface area contributed by atoms with Crippen LogP contribution in [0.15, 0.2) is 30.3 Å². The number of ether oxygens (including phenoxy) is 2. The van der Waals surface area contributed by atoms with Crippen LogP contribution in [-0.2, 0) is 6.54 Å². The lowest BCUT2D eigenvalue weighted by molar-refractivity contribution is 0.0956. The third kappa shape index (κ3) is 1.83. The summed E-state index contributed by atoms with van der Waals surface area (Å²) in [5, 5.41) is 3.45. The summed E-state index contributed by atoms with van der Waals surface area (Å²) in [6.07, 6.45) is 0. The van der Waals surface area contributed by atoms with Crippen LogP contribution in [0.3, 0.4) is 0 Å². The Hall–Kier alpha value is -2.73. The molecule has 5 rings (SSSR count). The van der Waals surface area contributed by atoms with Crippen LogP contribution in [0.25, 0.3) is 22.4 Å². The van der Waals surface area contributed by atoms with Crippen molar-refractivity contribution in [3.05, 3.63) is 40.9 Å². The molecule has 0 bridgehead atoms. The summed E-state index contributed by atoms with van der Waals surface area (Å²) in [6.45, 7) is 1.35. The van der Waals surface area contributed by atoms with Crippen molar-refractivity contribution in [2.45, 2.75) is 6.54 Å². The molecule has 0 spiro atoms. The minimum atomic E-state index is -0.0809. The van der Waals surface area contributed by atoms with Crippen molar-refractivity contribution in [2.75, 3.05) is 13.3 Å². The maximum atomic E-state index is 12.2. The highest BCUT2D eigenvalue weighted by Gasteiger charge is 2.25. The van der Waals surface area contributed by atoms with Crippen LogP contribution in [0.1, 0.15) is 10.4 Å². The van der Waals surface area contributed by atoms with Crippen molar-refractivity contribution >= 4 is 28.5 Å². The molecule has 0 fully saturated rings. The lowest BCUT2D eigenvalue weighted by atomic mass is 10.1. The van der Waals surface area contributed by atoms with Gasteiger partial charge in [-0.3, -0.25) is 4.79 Å². The summed E-state index contributed by atoms with van der Waals surface area (Å²) in [4.78, 5) is 17.0. The summed E-state index contributed by atoms with van der Waals surface area (Å²) in [5.41, 5.74) is 2.99. The minimum absolute atomic E-state index is 0.0809. The fraction of sp³-hybridized carbons (Fsp3) is 0.176. The molecule has 1 aromatic heterocycles. The largest absolute Gasteiger partial charge is 0.454 e. The highest BCUT2D eigenvalue weighted by Crippen LogP contribution is 2.41. The van der Waals surface area contributed by atoms with Gasteiger partial charge < -0.3 is 19.4 Å². The Balaban J connectivity index is 1.81. The van der Waals surface area contributed by atoms with Crippen molar-refractivity contribution < 1.29 is 14.3 Å². The molecule has 7 heteroatoms. The normalized spacial score (nSPS) is 15.5. The zero-order chi connectivity index (χ0) is 16.3. The second-order valence-electron chi connectivity index (χ2n) is 5.70. The van der Waals surface area contributed by atoms with Crippen LogP contribution in [0, 0.1) is 0 Å². The van der Waals surface area contributed by atoms with Gasteiger partial charge in [0.2, 0.25) is 6.79 Å². The second-order valence-corrected chi connectivity index (χ2v) is 6.11. The molecule has 2 aromatic carbocycles. The average molecular weight is 342 g/mol. The molecule has 24 heavy (non-hydrogen) atoms. The SMILES string of the molecule is O=C1NCCn2c(-c3cc4c(cc3Cl)OCO4)nc3cccc1c32. The number of carbonyl (C=O) groups excluding carboxylic acids is 1. The fourth-order valence-electron chi connectivity index (χ4n) is 3.26. The number of nitrogens with one attached hydrogen (secondary N) is 1. The topological polar surface area (TPSA) is 65.4 Å². The lowest BCUT2D eigenvalue weighted by Gasteiger charge is -2.09. The summed E-state index contributed by atoms with van der Waals surface area (Å²) in [6, 6.07) is 9.14. The molecular weight excluding hydrogens is 330 g/mol. The lowest BCUT2D eigenvalue weighted by Crippen LogP contribution is -2.24. The van der Waals surface area contributed by atoms with Gasteiger partial charge in [-0.2, -0.15) is 0 Å². The fourth-order valence-corrected chi connectivity index (χ4v) is 3.50. The number of fused-ring (bicyclic) bond motifs is 1. The molecule has 0 radical (unpaired) electrons. The quantitative estimate of drug-likeness (QED) is 0.739. The third-order valence-electron chi connectivity index (χ3n) is 4.34. The number of carbonyl (C=O) groups is 1. The van der Waals surface area contributed by atoms with E-state index in [1.54, 1.807) is 6.07 Å². The molecule has 0 aliphatic carbocycles. The Bertz CT molecular complexity index is 1010. The molecule has 1 amide bonds. The number of hydrogen-bond acceptors (Lipinski definition) is 4. The summed E-state index contributed by atoms with van der Waals surface area (Å²) < 4.78 is 12.9. The highest BCUT2D eigenvalue weighted by atomic mass is 35.5. The smallest absolute Gasteiger partial charge is 0.253 e. The Labute approximate surface area is 141 Å². The van der Waals surface area contributed by atoms with E-state index in [0.717, 1.165) is 22.4 Å². The number of amides is 1. The van der Waals surface area contributed by atoms with Crippen molar-refractivity contribution in [1.29, 1.82) is 0 Å². The predicted octanol–water partition coefficient (Wildman–Crippen LogP) is 2.83. The number of aromatic nitrogens is 2. The van der Waals surface area contributed by atoms with Crippen LogP contribution in [0.5, 0.6) is 11.5 Å². The monoisotopic (exact) mass is 341 g/mol. The van der Waals surface area contributed by atoms with Crippen molar-refractivity contribution in [2.24, 2.45) is 0 Å². The van der Waals surface area contributed by atoms with Crippen LogP contribution in [0.2, 0.25) is 5.02 Å². The summed E-state index contributed by atoms with van der Waals surface area (Å²) in [5.74, 6) is 1.92. The van der Waals surface area contributed by atoms with Gasteiger partial charge >= 0.3 is 0 Å². The van der Waals surface area contributed by atoms with Gasteiger partial charge in [0.15, 0.2) is 11.5 Å². The average Bonchev–Trinajstić information content (AvgIpc) is 3.13. The number of para-hydroxylation sites is 1. The standard InChI is InChI=1S/C17H12ClN3O3/c18-11-7-14-13(23-8-24-14)6-10(11)16-20-12-3-1-2-9-15(12)21(16)5-4-19-17(9)22/h1-3,6-7H,4-5,8H2,(H,19,22).